The molecule has 1 unspecified atom stereocenters. The minimum absolute atomic E-state index is 0. The molecule has 0 spiro atoms. The molecular formula is C14H18ClN3OS. The minimum Gasteiger partial charge on any atom is -0.379 e. The number of nitrogen functional groups attached to an aromatic ring is 1. The Hall–Kier alpha value is -1.30. The summed E-state index contributed by atoms with van der Waals surface area (Å²) < 4.78 is 5.54. The number of nitrogens with two attached hydrogens (primary N) is 1. The molecule has 108 valence electrons. The number of ether oxygens (including phenoxy) is 1. The highest BCUT2D eigenvalue weighted by atomic mass is 35.5. The Balaban J connectivity index is 0.00000147. The lowest BCUT2D eigenvalue weighted by Gasteiger charge is -2.35. The van der Waals surface area contributed by atoms with Crippen LogP contribution in [-0.2, 0) is 17.7 Å². The second kappa shape index (κ2) is 6.43. The maximum atomic E-state index is 5.70. The normalized spacial score (nSPS) is 17.4. The first-order valence-electron chi connectivity index (χ1n) is 6.32. The molecule has 1 aromatic heterocycles. The number of methoxy groups -OCH3 is 1. The lowest BCUT2D eigenvalue weighted by molar-refractivity contribution is 0.104. The molecule has 20 heavy (non-hydrogen) atoms. The first-order chi connectivity index (χ1) is 9.26. The Labute approximate surface area is 129 Å². The van der Waals surface area contributed by atoms with Gasteiger partial charge in [-0.25, -0.2) is 4.98 Å². The smallest absolute Gasteiger partial charge is 0.180 e. The lowest BCUT2D eigenvalue weighted by atomic mass is 9.99. The number of halogens is 1. The maximum absolute atomic E-state index is 5.70. The molecule has 3 rings (SSSR count). The summed E-state index contributed by atoms with van der Waals surface area (Å²) >= 11 is 1.55. The molecule has 0 radical (unpaired) electrons. The van der Waals surface area contributed by atoms with Crippen molar-refractivity contribution >= 4 is 34.6 Å². The Kier molecular flexibility index (Phi) is 4.86. The van der Waals surface area contributed by atoms with E-state index in [1.165, 1.54) is 16.1 Å². The van der Waals surface area contributed by atoms with Gasteiger partial charge in [-0.05, 0) is 11.6 Å². The fourth-order valence-electron chi connectivity index (χ4n) is 2.54. The maximum Gasteiger partial charge on any atom is 0.180 e. The van der Waals surface area contributed by atoms with Crippen LogP contribution in [0.2, 0.25) is 0 Å². The summed E-state index contributed by atoms with van der Waals surface area (Å²) in [5.41, 5.74) is 8.34. The van der Waals surface area contributed by atoms with Crippen molar-refractivity contribution in [2.45, 2.75) is 19.1 Å². The van der Waals surface area contributed by atoms with Crippen LogP contribution in [0.4, 0.5) is 10.8 Å². The minimum atomic E-state index is 0. The van der Waals surface area contributed by atoms with Crippen LogP contribution < -0.4 is 10.6 Å². The van der Waals surface area contributed by atoms with E-state index in [1.807, 2.05) is 6.20 Å². The number of thiazole rings is 1. The van der Waals surface area contributed by atoms with Crippen molar-refractivity contribution in [2.75, 3.05) is 24.3 Å². The van der Waals surface area contributed by atoms with E-state index in [0.717, 1.165) is 19.5 Å². The Morgan fingerprint density at radius 2 is 2.25 bits per heavy atom. The van der Waals surface area contributed by atoms with Crippen LogP contribution in [0.15, 0.2) is 30.5 Å². The molecule has 1 aliphatic heterocycles. The highest BCUT2D eigenvalue weighted by Gasteiger charge is 2.24. The van der Waals surface area contributed by atoms with Crippen molar-refractivity contribution in [3.63, 3.8) is 0 Å². The van der Waals surface area contributed by atoms with Gasteiger partial charge in [0.25, 0.3) is 0 Å². The van der Waals surface area contributed by atoms with Crippen LogP contribution in [0, 0.1) is 0 Å². The van der Waals surface area contributed by atoms with Crippen molar-refractivity contribution in [1.82, 2.24) is 4.98 Å². The highest BCUT2D eigenvalue weighted by Crippen LogP contribution is 2.30. The number of benzene rings is 1. The van der Waals surface area contributed by atoms with E-state index < -0.39 is 0 Å². The summed E-state index contributed by atoms with van der Waals surface area (Å²) in [6.45, 7) is 1.75. The monoisotopic (exact) mass is 311 g/mol. The molecule has 2 aromatic rings. The van der Waals surface area contributed by atoms with Crippen LogP contribution in [0.1, 0.15) is 10.4 Å². The van der Waals surface area contributed by atoms with Crippen molar-refractivity contribution in [3.8, 4) is 0 Å². The molecule has 1 aliphatic rings. The van der Waals surface area contributed by atoms with E-state index in [9.17, 15) is 0 Å². The number of para-hydroxylation sites is 1. The van der Waals surface area contributed by atoms with Gasteiger partial charge in [-0.1, -0.05) is 18.2 Å². The van der Waals surface area contributed by atoms with E-state index in [1.54, 1.807) is 18.4 Å². The number of hydrogen-bond acceptors (Lipinski definition) is 5. The van der Waals surface area contributed by atoms with Crippen LogP contribution in [0.3, 0.4) is 0 Å². The summed E-state index contributed by atoms with van der Waals surface area (Å²) in [6, 6.07) is 8.51. The number of anilines is 2. The average molecular weight is 312 g/mol. The fraction of sp³-hybridized carbons (Fsp3) is 0.357. The summed E-state index contributed by atoms with van der Waals surface area (Å²) in [5.74, 6) is 0. The number of nitrogens with zero attached hydrogens (tertiary/aromatic N) is 2. The lowest BCUT2D eigenvalue weighted by Crippen LogP contribution is -2.38. The van der Waals surface area contributed by atoms with Crippen LogP contribution in [0.25, 0.3) is 0 Å². The average Bonchev–Trinajstić information content (AvgIpc) is 2.84. The van der Waals surface area contributed by atoms with Crippen LogP contribution >= 0.6 is 23.7 Å². The van der Waals surface area contributed by atoms with E-state index in [4.69, 9.17) is 10.5 Å². The predicted octanol–water partition coefficient (Wildman–Crippen LogP) is 2.72. The standard InChI is InChI=1S/C14H17N3OS.ClH/c1-18-11-6-10-4-2-3-5-13(10)17(8-11)9-12-7-16-14(15)19-12;/h2-5,7,11H,6,8-9H2,1H3,(H2,15,16);1H. The molecule has 2 N–H and O–H groups in total. The van der Waals surface area contributed by atoms with Gasteiger partial charge in [0.1, 0.15) is 0 Å². The van der Waals surface area contributed by atoms with Crippen molar-refractivity contribution in [1.29, 1.82) is 0 Å². The topological polar surface area (TPSA) is 51.4 Å². The summed E-state index contributed by atoms with van der Waals surface area (Å²) in [6.07, 6.45) is 3.09. The third-order valence-corrected chi connectivity index (χ3v) is 4.27. The third-order valence-electron chi connectivity index (χ3n) is 3.46. The molecule has 1 aromatic carbocycles. The highest BCUT2D eigenvalue weighted by molar-refractivity contribution is 7.15. The van der Waals surface area contributed by atoms with Gasteiger partial charge in [0, 0.05) is 36.8 Å². The van der Waals surface area contributed by atoms with E-state index in [0.29, 0.717) is 5.13 Å². The van der Waals surface area contributed by atoms with Crippen molar-refractivity contribution in [3.05, 3.63) is 40.9 Å². The molecule has 2 heterocycles. The van der Waals surface area contributed by atoms with Crippen molar-refractivity contribution in [2.24, 2.45) is 0 Å². The van der Waals surface area contributed by atoms with Gasteiger partial charge in [-0.3, -0.25) is 0 Å². The zero-order valence-electron chi connectivity index (χ0n) is 11.3. The zero-order valence-corrected chi connectivity index (χ0v) is 12.9. The molecular weight excluding hydrogens is 294 g/mol. The molecule has 0 fully saturated rings. The van der Waals surface area contributed by atoms with Gasteiger partial charge >= 0.3 is 0 Å². The molecule has 0 saturated carbocycles. The van der Waals surface area contributed by atoms with Gasteiger partial charge in [0.15, 0.2) is 5.13 Å². The molecule has 0 bridgehead atoms. The number of fused-ring (bicyclic) bond motifs is 1. The summed E-state index contributed by atoms with van der Waals surface area (Å²) in [4.78, 5) is 7.65. The Morgan fingerprint density at radius 3 is 2.95 bits per heavy atom. The largest absolute Gasteiger partial charge is 0.379 e. The number of rotatable bonds is 3. The second-order valence-corrected chi connectivity index (χ2v) is 5.88. The molecule has 4 nitrogen and oxygen atoms in total. The van der Waals surface area contributed by atoms with E-state index in [-0.39, 0.29) is 18.5 Å². The third kappa shape index (κ3) is 3.06. The number of aromatic nitrogens is 1. The van der Waals surface area contributed by atoms with Gasteiger partial charge in [0.2, 0.25) is 0 Å². The van der Waals surface area contributed by atoms with Gasteiger partial charge < -0.3 is 15.4 Å². The first kappa shape index (κ1) is 15.1. The van der Waals surface area contributed by atoms with Crippen LogP contribution in [0.5, 0.6) is 0 Å². The quantitative estimate of drug-likeness (QED) is 0.947. The van der Waals surface area contributed by atoms with Crippen molar-refractivity contribution < 1.29 is 4.74 Å². The molecule has 0 aliphatic carbocycles. The summed E-state index contributed by atoms with van der Waals surface area (Å²) in [5, 5.41) is 0.628. The Morgan fingerprint density at radius 1 is 1.45 bits per heavy atom. The zero-order chi connectivity index (χ0) is 13.2. The van der Waals surface area contributed by atoms with Gasteiger partial charge in [-0.2, -0.15) is 0 Å². The molecule has 1 atom stereocenters. The predicted molar refractivity (Wildman–Crippen MR) is 85.8 cm³/mol. The fourth-order valence-corrected chi connectivity index (χ4v) is 3.24. The van der Waals surface area contributed by atoms with E-state index >= 15 is 0 Å². The SMILES string of the molecule is COC1Cc2ccccc2N(Cc2cnc(N)s2)C1.Cl. The van der Waals surface area contributed by atoms with Crippen LogP contribution in [-0.4, -0.2) is 24.7 Å². The van der Waals surface area contributed by atoms with Gasteiger partial charge in [-0.15, -0.1) is 23.7 Å². The van der Waals surface area contributed by atoms with E-state index in [2.05, 4.69) is 34.1 Å². The number of hydrogen-bond donors (Lipinski definition) is 1. The molecule has 0 amide bonds. The summed E-state index contributed by atoms with van der Waals surface area (Å²) in [7, 11) is 1.78. The molecule has 0 saturated heterocycles. The second-order valence-electron chi connectivity index (χ2n) is 4.74. The molecule has 6 heteroatoms. The Bertz CT molecular complexity index is 575. The first-order valence-corrected chi connectivity index (χ1v) is 7.13. The van der Waals surface area contributed by atoms with Gasteiger partial charge in [0.05, 0.1) is 12.6 Å².